The molecule has 1 spiro atoms. The van der Waals surface area contributed by atoms with Crippen LogP contribution in [0.1, 0.15) is 127 Å². The number of hydrogen-bond donors (Lipinski definition) is 2. The van der Waals surface area contributed by atoms with E-state index in [1.165, 1.54) is 6.29 Å². The molecule has 0 aromatic carbocycles. The van der Waals surface area contributed by atoms with E-state index >= 15 is 4.79 Å². The van der Waals surface area contributed by atoms with E-state index in [-0.39, 0.29) is 33.7 Å². The van der Waals surface area contributed by atoms with Crippen molar-refractivity contribution in [2.24, 2.45) is 68.5 Å². The fraction of sp³-hybridized carbons (Fsp3) is 0.825. The van der Waals surface area contributed by atoms with Crippen LogP contribution in [0.2, 0.25) is 0 Å². The molecule has 4 fully saturated rings. The van der Waals surface area contributed by atoms with Crippen molar-refractivity contribution >= 4 is 17.9 Å². The first kappa shape index (κ1) is 32.0. The second-order valence-corrected chi connectivity index (χ2v) is 19.1. The number of aliphatic hydroxyl groups is 2. The number of aldehydes is 1. The number of carbonyl (C=O) groups excluding carboxylic acids is 3. The van der Waals surface area contributed by atoms with Crippen LogP contribution in [0, 0.1) is 68.5 Å². The molecule has 8 aliphatic carbocycles. The number of rotatable bonds is 3. The number of ketones is 2. The summed E-state index contributed by atoms with van der Waals surface area (Å²) in [4.78, 5) is 43.9. The van der Waals surface area contributed by atoms with Gasteiger partial charge in [-0.1, -0.05) is 86.3 Å². The minimum atomic E-state index is -1.71. The SMILES string of the molecule is CC(C)C1(O)C(=O)C2C3=C(CCC4C(C)(C)CCCC34C=O)C1C1C(O)(C(C)C)C(=O)C=C3C4(C)CCCC(C)(C)C4CCC321. The molecule has 0 saturated heterocycles. The Morgan fingerprint density at radius 1 is 0.800 bits per heavy atom. The van der Waals surface area contributed by atoms with Crippen LogP contribution >= 0.6 is 0 Å². The van der Waals surface area contributed by atoms with Gasteiger partial charge in [-0.2, -0.15) is 0 Å². The van der Waals surface area contributed by atoms with Crippen molar-refractivity contribution < 1.29 is 24.6 Å². The average Bonchev–Trinajstić information content (AvgIpc) is 2.95. The van der Waals surface area contributed by atoms with Gasteiger partial charge in [-0.05, 0) is 103 Å². The van der Waals surface area contributed by atoms with Crippen LogP contribution in [0.15, 0.2) is 22.8 Å². The Morgan fingerprint density at radius 3 is 2.00 bits per heavy atom. The average molecular weight is 619 g/mol. The Morgan fingerprint density at radius 2 is 1.40 bits per heavy atom. The normalized spacial score (nSPS) is 49.5. The Balaban J connectivity index is 1.60. The number of carbonyl (C=O) groups is 3. The maximum absolute atomic E-state index is 15.5. The zero-order chi connectivity index (χ0) is 32.9. The lowest BCUT2D eigenvalue weighted by Gasteiger charge is -2.75. The van der Waals surface area contributed by atoms with Gasteiger partial charge in [-0.3, -0.25) is 9.59 Å². The minimum absolute atomic E-state index is 0.0419. The van der Waals surface area contributed by atoms with E-state index in [0.717, 1.165) is 68.1 Å². The molecule has 0 amide bonds. The molecule has 2 N–H and O–H groups in total. The molecule has 8 aliphatic rings. The molecule has 0 heterocycles. The molecule has 10 atom stereocenters. The van der Waals surface area contributed by atoms with Crippen molar-refractivity contribution in [2.75, 3.05) is 0 Å². The molecule has 5 nitrogen and oxygen atoms in total. The quantitative estimate of drug-likeness (QED) is 0.254. The van der Waals surface area contributed by atoms with E-state index in [1.54, 1.807) is 0 Å². The van der Waals surface area contributed by atoms with Crippen LogP contribution in [-0.4, -0.2) is 39.3 Å². The second kappa shape index (κ2) is 9.30. The lowest BCUT2D eigenvalue weighted by Crippen LogP contribution is -2.79. The van der Waals surface area contributed by atoms with Crippen molar-refractivity contribution in [1.29, 1.82) is 0 Å². The molecule has 4 saturated carbocycles. The van der Waals surface area contributed by atoms with Crippen molar-refractivity contribution in [2.45, 2.75) is 138 Å². The Kier molecular flexibility index (Phi) is 6.61. The standard InChI is InChI=1S/C40H58O5/c1-22(2)39(44)28(42)20-27-36(9)17-10-15-34(5,6)25(36)14-19-38(27)31-29-24(30(32(38)39)40(45,23(3)4)33(31)43)12-13-26-35(7,8)16-11-18-37(26,29)21-41/h20-23,25-26,30-32,44-45H,10-19H2,1-9H3. The van der Waals surface area contributed by atoms with Gasteiger partial charge in [0.2, 0.25) is 0 Å². The summed E-state index contributed by atoms with van der Waals surface area (Å²) < 4.78 is 0. The van der Waals surface area contributed by atoms with Gasteiger partial charge in [0, 0.05) is 17.3 Å². The topological polar surface area (TPSA) is 91.7 Å². The first-order chi connectivity index (χ1) is 20.8. The van der Waals surface area contributed by atoms with Crippen LogP contribution in [0.4, 0.5) is 0 Å². The molecule has 0 aromatic rings. The van der Waals surface area contributed by atoms with Gasteiger partial charge in [0.1, 0.15) is 17.5 Å². The highest BCUT2D eigenvalue weighted by Gasteiger charge is 2.81. The summed E-state index contributed by atoms with van der Waals surface area (Å²) in [6, 6.07) is 0. The maximum atomic E-state index is 15.5. The number of allylic oxidation sites excluding steroid dienone is 2. The zero-order valence-corrected chi connectivity index (χ0v) is 29.4. The lowest BCUT2D eigenvalue weighted by atomic mass is 9.28. The highest BCUT2D eigenvalue weighted by atomic mass is 16.3. The van der Waals surface area contributed by atoms with E-state index in [0.29, 0.717) is 18.8 Å². The fourth-order valence-corrected chi connectivity index (χ4v) is 14.2. The van der Waals surface area contributed by atoms with Gasteiger partial charge in [0.05, 0.1) is 11.3 Å². The third kappa shape index (κ3) is 3.41. The van der Waals surface area contributed by atoms with Crippen LogP contribution in [0.3, 0.4) is 0 Å². The molecule has 0 aliphatic heterocycles. The Labute approximate surface area is 271 Å². The van der Waals surface area contributed by atoms with Crippen molar-refractivity contribution in [3.05, 3.63) is 22.8 Å². The predicted molar refractivity (Wildman–Crippen MR) is 175 cm³/mol. The Hall–Kier alpha value is -1.59. The van der Waals surface area contributed by atoms with Crippen molar-refractivity contribution in [3.8, 4) is 0 Å². The van der Waals surface area contributed by atoms with Crippen LogP contribution in [0.5, 0.6) is 0 Å². The molecule has 0 radical (unpaired) electrons. The van der Waals surface area contributed by atoms with E-state index in [9.17, 15) is 19.8 Å². The molecule has 8 rings (SSSR count). The van der Waals surface area contributed by atoms with Gasteiger partial charge in [-0.25, -0.2) is 0 Å². The number of hydrogen-bond acceptors (Lipinski definition) is 5. The molecule has 248 valence electrons. The molecular formula is C40H58O5. The Bertz CT molecular complexity index is 1430. The first-order valence-corrected chi connectivity index (χ1v) is 18.3. The van der Waals surface area contributed by atoms with Crippen LogP contribution in [0.25, 0.3) is 0 Å². The molecule has 10 unspecified atom stereocenters. The van der Waals surface area contributed by atoms with E-state index < -0.39 is 51.6 Å². The van der Waals surface area contributed by atoms with Gasteiger partial charge >= 0.3 is 0 Å². The predicted octanol–water partition coefficient (Wildman–Crippen LogP) is 7.43. The molecule has 5 heteroatoms. The summed E-state index contributed by atoms with van der Waals surface area (Å²) in [5, 5.41) is 25.9. The number of Topliss-reactive ketones (excluding diaryl/α,β-unsaturated/α-hetero) is 1. The smallest absolute Gasteiger partial charge is 0.187 e. The summed E-state index contributed by atoms with van der Waals surface area (Å²) in [6.07, 6.45) is 12.1. The summed E-state index contributed by atoms with van der Waals surface area (Å²) in [5.74, 6) is -2.69. The summed E-state index contributed by atoms with van der Waals surface area (Å²) in [6.45, 7) is 19.4. The third-order valence-electron chi connectivity index (χ3n) is 16.0. The zero-order valence-electron chi connectivity index (χ0n) is 29.4. The maximum Gasteiger partial charge on any atom is 0.187 e. The molecule has 45 heavy (non-hydrogen) atoms. The van der Waals surface area contributed by atoms with Crippen LogP contribution < -0.4 is 0 Å². The van der Waals surface area contributed by atoms with Gasteiger partial charge in [0.25, 0.3) is 0 Å². The summed E-state index contributed by atoms with van der Waals surface area (Å²) in [7, 11) is 0. The van der Waals surface area contributed by atoms with Crippen molar-refractivity contribution in [3.63, 3.8) is 0 Å². The summed E-state index contributed by atoms with van der Waals surface area (Å²) in [5.41, 5.74) is -2.08. The van der Waals surface area contributed by atoms with E-state index in [4.69, 9.17) is 0 Å². The monoisotopic (exact) mass is 618 g/mol. The van der Waals surface area contributed by atoms with Crippen molar-refractivity contribution in [1.82, 2.24) is 0 Å². The minimum Gasteiger partial charge on any atom is -0.381 e. The fourth-order valence-electron chi connectivity index (χ4n) is 14.2. The molecular weight excluding hydrogens is 560 g/mol. The third-order valence-corrected chi connectivity index (χ3v) is 16.0. The van der Waals surface area contributed by atoms with E-state index in [2.05, 4.69) is 34.6 Å². The highest BCUT2D eigenvalue weighted by Crippen LogP contribution is 2.80. The number of fused-ring (bicyclic) bond motifs is 4. The van der Waals surface area contributed by atoms with Crippen LogP contribution in [-0.2, 0) is 14.4 Å². The van der Waals surface area contributed by atoms with Gasteiger partial charge < -0.3 is 15.0 Å². The second-order valence-electron chi connectivity index (χ2n) is 19.1. The molecule has 0 aromatic heterocycles. The molecule has 2 bridgehead atoms. The van der Waals surface area contributed by atoms with E-state index in [1.807, 2.05) is 33.8 Å². The highest BCUT2D eigenvalue weighted by molar-refractivity contribution is 6.04. The first-order valence-electron chi connectivity index (χ1n) is 18.3. The largest absolute Gasteiger partial charge is 0.381 e. The van der Waals surface area contributed by atoms with Gasteiger partial charge in [-0.15, -0.1) is 0 Å². The lowest BCUT2D eigenvalue weighted by molar-refractivity contribution is -0.232. The van der Waals surface area contributed by atoms with Gasteiger partial charge in [0.15, 0.2) is 11.6 Å². The summed E-state index contributed by atoms with van der Waals surface area (Å²) >= 11 is 0.